The summed E-state index contributed by atoms with van der Waals surface area (Å²) in [5, 5.41) is 4.62. The third-order valence-electron chi connectivity index (χ3n) is 11.9. The van der Waals surface area contributed by atoms with Gasteiger partial charge in [-0.05, 0) is 29.2 Å². The Labute approximate surface area is 429 Å². The van der Waals surface area contributed by atoms with Crippen molar-refractivity contribution in [2.75, 3.05) is 19.8 Å². The summed E-state index contributed by atoms with van der Waals surface area (Å²) in [6.07, 6.45) is -17.3. The number of rotatable bonds is 18. The van der Waals surface area contributed by atoms with Crippen molar-refractivity contribution in [3.05, 3.63) is 88.7 Å². The Morgan fingerprint density at radius 2 is 1.05 bits per heavy atom. The van der Waals surface area contributed by atoms with Crippen LogP contribution in [0.25, 0.3) is 11.1 Å². The van der Waals surface area contributed by atoms with E-state index in [2.05, 4.69) is 10.6 Å². The summed E-state index contributed by atoms with van der Waals surface area (Å²) in [6, 6.07) is 8.62. The monoisotopic (exact) mass is 1080 g/mol. The predicted octanol–water partition coefficient (Wildman–Crippen LogP) is 3.19. The summed E-state index contributed by atoms with van der Waals surface area (Å²) >= 11 is 0. The van der Waals surface area contributed by atoms with Crippen molar-refractivity contribution in [3.63, 3.8) is 0 Å². The van der Waals surface area contributed by atoms with Crippen LogP contribution in [0.1, 0.15) is 65.5 Å². The van der Waals surface area contributed by atoms with Crippen LogP contribution in [-0.2, 0) is 80.9 Å². The van der Waals surface area contributed by atoms with Crippen molar-refractivity contribution >= 4 is 47.8 Å². The van der Waals surface area contributed by atoms with E-state index in [0.29, 0.717) is 0 Å². The number of nitrogens with one attached hydrogen (secondary N) is 2. The number of amides is 2. The van der Waals surface area contributed by atoms with E-state index in [1.165, 1.54) is 0 Å². The molecule has 4 N–H and O–H groups in total. The molecule has 3 aliphatic rings. The Morgan fingerprint density at radius 1 is 0.592 bits per heavy atom. The average molecular weight is 1080 g/mol. The molecule has 1 aliphatic carbocycles. The number of nitrogens with two attached hydrogens (primary N) is 1. The molecule has 2 fully saturated rings. The van der Waals surface area contributed by atoms with E-state index in [1.54, 1.807) is 36.4 Å². The first kappa shape index (κ1) is 57.9. The van der Waals surface area contributed by atoms with Gasteiger partial charge in [0.15, 0.2) is 36.9 Å². The van der Waals surface area contributed by atoms with Crippen molar-refractivity contribution in [3.8, 4) is 16.9 Å². The first-order valence-corrected chi connectivity index (χ1v) is 23.2. The number of hydrogen-bond donors (Lipinski definition) is 3. The first-order chi connectivity index (χ1) is 35.9. The molecule has 2 aliphatic heterocycles. The van der Waals surface area contributed by atoms with Crippen LogP contribution in [0.3, 0.4) is 0 Å². The number of carbonyl (C=O) groups is 8. The lowest BCUT2D eigenvalue weighted by Crippen LogP contribution is -2.70. The number of benzene rings is 3. The van der Waals surface area contributed by atoms with E-state index in [0.717, 1.165) is 70.7 Å². The van der Waals surface area contributed by atoms with Crippen molar-refractivity contribution in [2.24, 2.45) is 5.73 Å². The maximum absolute atomic E-state index is 15.0. The van der Waals surface area contributed by atoms with Gasteiger partial charge in [0.05, 0.1) is 12.1 Å². The van der Waals surface area contributed by atoms with Crippen molar-refractivity contribution in [2.45, 2.75) is 128 Å². The summed E-state index contributed by atoms with van der Waals surface area (Å²) in [5.41, 5.74) is 9.96. The molecule has 0 unspecified atom stereocenters. The lowest BCUT2D eigenvalue weighted by Gasteiger charge is -2.49. The third kappa shape index (κ3) is 13.5. The summed E-state index contributed by atoms with van der Waals surface area (Å²) in [5.74, 6) is -22.7. The number of carbonyl (C=O) groups excluding carboxylic acids is 8. The highest BCUT2D eigenvalue weighted by atomic mass is 19.2. The number of halogens is 5. The smallest absolute Gasteiger partial charge is 0.407 e. The van der Waals surface area contributed by atoms with Gasteiger partial charge in [-0.2, -0.15) is 8.78 Å². The minimum Gasteiger partial charge on any atom is -0.463 e. The highest BCUT2D eigenvalue weighted by Gasteiger charge is 2.56. The van der Waals surface area contributed by atoms with Gasteiger partial charge in [-0.15, -0.1) is 0 Å². The molecule has 3 aromatic rings. The van der Waals surface area contributed by atoms with Gasteiger partial charge in [-0.25, -0.2) is 22.8 Å². The maximum atomic E-state index is 15.0. The third-order valence-corrected chi connectivity index (χ3v) is 11.9. The van der Waals surface area contributed by atoms with Gasteiger partial charge in [0, 0.05) is 47.5 Å². The molecule has 76 heavy (non-hydrogen) atoms. The Hall–Kier alpha value is -7.33. The van der Waals surface area contributed by atoms with E-state index in [9.17, 15) is 60.3 Å². The van der Waals surface area contributed by atoms with Gasteiger partial charge < -0.3 is 68.5 Å². The van der Waals surface area contributed by atoms with Crippen molar-refractivity contribution < 1.29 is 112 Å². The molecule has 412 valence electrons. The molecule has 6 rings (SSSR count). The molecule has 12 atom stereocenters. The molecule has 0 radical (unpaired) electrons. The predicted molar refractivity (Wildman–Crippen MR) is 242 cm³/mol. The first-order valence-electron chi connectivity index (χ1n) is 23.2. The fourth-order valence-electron chi connectivity index (χ4n) is 8.71. The molecule has 2 saturated heterocycles. The van der Waals surface area contributed by atoms with Gasteiger partial charge in [-0.1, -0.05) is 48.5 Å². The van der Waals surface area contributed by atoms with Crippen LogP contribution in [0.15, 0.2) is 48.5 Å². The molecule has 2 amide bonds. The molecule has 0 saturated carbocycles. The molecular weight excluding hydrogens is 1030 g/mol. The number of esters is 6. The number of ether oxygens (including phenoxy) is 11. The lowest BCUT2D eigenvalue weighted by molar-refractivity contribution is -0.332. The van der Waals surface area contributed by atoms with Gasteiger partial charge in [0.25, 0.3) is 0 Å². The normalized spacial score (nSPS) is 24.5. The molecule has 22 nitrogen and oxygen atoms in total. The van der Waals surface area contributed by atoms with Gasteiger partial charge >= 0.3 is 41.9 Å². The zero-order chi connectivity index (χ0) is 55.9. The Balaban J connectivity index is 1.37. The summed E-state index contributed by atoms with van der Waals surface area (Å²) in [7, 11) is 0. The SMILES string of the molecule is CC(=O)N[C@H]1[C@H](O[C@@H]2[C@@H](N)[C@@H](O[C@H](C)[C@H](NC(=O)OCC3c4ccccc4-c4ccccc43)C(=O)Oc3c(F)c(F)c(F)c(F)c3F)O[C@H](COC(C)=O)[C@@H]2OC(C)=O)O[C@H](COC(C)=O)[C@@H](OC(C)=O)[C@@H]1OC(C)=O. The largest absolute Gasteiger partial charge is 0.463 e. The Kier molecular flexibility index (Phi) is 19.1. The lowest BCUT2D eigenvalue weighted by atomic mass is 9.94. The van der Waals surface area contributed by atoms with Gasteiger partial charge in [0.2, 0.25) is 40.7 Å². The van der Waals surface area contributed by atoms with Crippen LogP contribution in [0.5, 0.6) is 5.75 Å². The zero-order valence-electron chi connectivity index (χ0n) is 41.5. The van der Waals surface area contributed by atoms with Crippen LogP contribution in [0.2, 0.25) is 0 Å². The van der Waals surface area contributed by atoms with E-state index in [4.69, 9.17) is 57.8 Å². The second-order valence-corrected chi connectivity index (χ2v) is 17.4. The number of alkyl carbamates (subject to hydrolysis) is 1. The van der Waals surface area contributed by atoms with Crippen LogP contribution >= 0.6 is 0 Å². The van der Waals surface area contributed by atoms with Crippen LogP contribution in [0, 0.1) is 29.1 Å². The fourth-order valence-corrected chi connectivity index (χ4v) is 8.71. The minimum absolute atomic E-state index is 0.371. The van der Waals surface area contributed by atoms with E-state index in [-0.39, 0.29) is 6.61 Å². The number of hydrogen-bond acceptors (Lipinski definition) is 20. The highest BCUT2D eigenvalue weighted by Crippen LogP contribution is 2.44. The molecule has 27 heteroatoms. The van der Waals surface area contributed by atoms with Crippen molar-refractivity contribution in [1.82, 2.24) is 10.6 Å². The van der Waals surface area contributed by atoms with E-state index in [1.807, 2.05) is 12.1 Å². The standard InChI is InChI=1S/C49H52F5N3O19/c1-19(39(46(64)75-43-36(53)34(51)33(50)35(52)37(43)54)57-49(65)68-16-30-28-14-10-8-12-26(28)27-13-9-11-15-29(27)30)69-47-38(55)44(41(70-23(5)61)31(73-47)17-66-21(3)59)76-48-40(56-20(2)58)45(72-25(7)63)42(71-24(6)62)32(74-48)18-67-22(4)60/h8-15,19,30-32,38-42,44-45,47-48H,16-18,55H2,1-7H3,(H,56,58)(H,57,65)/t19-,31-,32-,38-,39+,40-,41+,42-,44-,45-,47+,48+/m1/s1. The molecule has 0 aromatic heterocycles. The second kappa shape index (κ2) is 25.0. The second-order valence-electron chi connectivity index (χ2n) is 17.4. The number of fused-ring (bicyclic) bond motifs is 3. The summed E-state index contributed by atoms with van der Waals surface area (Å²) < 4.78 is 135. The maximum Gasteiger partial charge on any atom is 0.407 e. The molecule has 0 spiro atoms. The Bertz CT molecular complexity index is 2640. The zero-order valence-corrected chi connectivity index (χ0v) is 41.5. The van der Waals surface area contributed by atoms with Gasteiger partial charge in [-0.3, -0.25) is 28.8 Å². The van der Waals surface area contributed by atoms with E-state index < -0.39 is 175 Å². The quantitative estimate of drug-likeness (QED) is 0.0412. The summed E-state index contributed by atoms with van der Waals surface area (Å²) in [4.78, 5) is 102. The van der Waals surface area contributed by atoms with E-state index >= 15 is 0 Å². The van der Waals surface area contributed by atoms with Crippen LogP contribution in [0.4, 0.5) is 26.7 Å². The molecular formula is C49H52F5N3O19. The molecule has 0 bridgehead atoms. The molecule has 3 aromatic carbocycles. The van der Waals surface area contributed by atoms with Crippen LogP contribution < -0.4 is 21.1 Å². The fraction of sp³-hybridized carbons (Fsp3) is 0.469. The highest BCUT2D eigenvalue weighted by molar-refractivity contribution is 5.84. The van der Waals surface area contributed by atoms with Crippen molar-refractivity contribution in [1.29, 1.82) is 0 Å². The minimum atomic E-state index is -2.58. The molecule has 2 heterocycles. The average Bonchev–Trinajstić information content (AvgIpc) is 3.67. The summed E-state index contributed by atoms with van der Waals surface area (Å²) in [6.45, 7) is 5.20. The van der Waals surface area contributed by atoms with Crippen LogP contribution in [-0.4, -0.2) is 141 Å². The Morgan fingerprint density at radius 3 is 1.54 bits per heavy atom. The topological polar surface area (TPSA) is 288 Å². The van der Waals surface area contributed by atoms with Gasteiger partial charge in [0.1, 0.15) is 44.2 Å².